The molecule has 0 amide bonds. The number of rotatable bonds is 4. The lowest BCUT2D eigenvalue weighted by molar-refractivity contribution is 0.529. The molecule has 3 nitrogen and oxygen atoms in total. The second kappa shape index (κ2) is 4.78. The van der Waals surface area contributed by atoms with Crippen molar-refractivity contribution in [3.8, 4) is 0 Å². The Morgan fingerprint density at radius 3 is 2.29 bits per heavy atom. The van der Waals surface area contributed by atoms with Gasteiger partial charge in [0.2, 0.25) is 0 Å². The second-order valence-electron chi connectivity index (χ2n) is 5.07. The molecule has 0 unspecified atom stereocenters. The van der Waals surface area contributed by atoms with E-state index in [1.54, 1.807) is 19.9 Å². The van der Waals surface area contributed by atoms with E-state index in [-0.39, 0.29) is 0 Å². The van der Waals surface area contributed by atoms with Gasteiger partial charge in [-0.3, -0.25) is 0 Å². The average Bonchev–Trinajstić information content (AvgIpc) is 2.16. The molecular weight excluding hydrogens is 234 g/mol. The molecule has 0 radical (unpaired) electrons. The molecule has 4 heteroatoms. The summed E-state index contributed by atoms with van der Waals surface area (Å²) in [6, 6.07) is 5.42. The van der Waals surface area contributed by atoms with Crippen LogP contribution < -0.4 is 5.73 Å². The summed E-state index contributed by atoms with van der Waals surface area (Å²) in [6.07, 6.45) is 0.461. The average molecular weight is 255 g/mol. The summed E-state index contributed by atoms with van der Waals surface area (Å²) < 4.78 is 24.2. The van der Waals surface area contributed by atoms with E-state index in [4.69, 9.17) is 5.73 Å². The molecule has 0 bridgehead atoms. The number of hydrogen-bond acceptors (Lipinski definition) is 3. The molecule has 2 N–H and O–H groups in total. The van der Waals surface area contributed by atoms with Crippen molar-refractivity contribution in [1.82, 2.24) is 0 Å². The third-order valence-electron chi connectivity index (χ3n) is 3.09. The molecular formula is C13H21NO2S. The first-order valence-corrected chi connectivity index (χ1v) is 7.22. The van der Waals surface area contributed by atoms with Crippen LogP contribution in [0.25, 0.3) is 0 Å². The van der Waals surface area contributed by atoms with Gasteiger partial charge in [-0.2, -0.15) is 0 Å². The molecule has 0 aliphatic rings. The largest absolute Gasteiger partial charge is 0.330 e. The fraction of sp³-hybridized carbons (Fsp3) is 0.538. The van der Waals surface area contributed by atoms with Crippen LogP contribution in [-0.4, -0.2) is 19.7 Å². The zero-order valence-corrected chi connectivity index (χ0v) is 11.8. The van der Waals surface area contributed by atoms with Crippen LogP contribution in [0.2, 0.25) is 0 Å². The third-order valence-corrected chi connectivity index (χ3v) is 5.79. The summed E-state index contributed by atoms with van der Waals surface area (Å²) in [7, 11) is -3.33. The van der Waals surface area contributed by atoms with Crippen LogP contribution in [0.3, 0.4) is 0 Å². The third kappa shape index (κ3) is 2.69. The van der Waals surface area contributed by atoms with Gasteiger partial charge in [-0.05, 0) is 52.3 Å². The van der Waals surface area contributed by atoms with Crippen LogP contribution in [0.1, 0.15) is 31.4 Å². The molecule has 1 aromatic rings. The molecule has 0 spiro atoms. The lowest BCUT2D eigenvalue weighted by atomic mass is 10.1. The van der Waals surface area contributed by atoms with Crippen LogP contribution in [0.5, 0.6) is 0 Å². The van der Waals surface area contributed by atoms with Crippen LogP contribution in [0.15, 0.2) is 23.1 Å². The summed E-state index contributed by atoms with van der Waals surface area (Å²) in [6.45, 7) is 7.62. The Morgan fingerprint density at radius 1 is 1.24 bits per heavy atom. The first kappa shape index (κ1) is 14.2. The van der Waals surface area contributed by atoms with Crippen molar-refractivity contribution in [1.29, 1.82) is 0 Å². The standard InChI is InChI=1S/C13H21NO2S/c1-10-5-6-12(11(2)9-10)17(15,16)13(3,4)7-8-14/h5-6,9H,7-8,14H2,1-4H3. The number of benzene rings is 1. The molecule has 0 saturated heterocycles. The van der Waals surface area contributed by atoms with Crippen molar-refractivity contribution < 1.29 is 8.42 Å². The molecule has 1 rings (SSSR count). The van der Waals surface area contributed by atoms with Crippen LogP contribution in [0.4, 0.5) is 0 Å². The molecule has 0 atom stereocenters. The van der Waals surface area contributed by atoms with E-state index in [0.717, 1.165) is 11.1 Å². The van der Waals surface area contributed by atoms with Gasteiger partial charge >= 0.3 is 0 Å². The van der Waals surface area contributed by atoms with Gasteiger partial charge < -0.3 is 5.73 Å². The smallest absolute Gasteiger partial charge is 0.183 e. The van der Waals surface area contributed by atoms with Crippen LogP contribution in [0, 0.1) is 13.8 Å². The summed E-state index contributed by atoms with van der Waals surface area (Å²) in [5.41, 5.74) is 7.36. The number of nitrogens with two attached hydrogens (primary N) is 1. The van der Waals surface area contributed by atoms with E-state index in [1.165, 1.54) is 0 Å². The van der Waals surface area contributed by atoms with E-state index in [9.17, 15) is 8.42 Å². The fourth-order valence-electron chi connectivity index (χ4n) is 1.88. The topological polar surface area (TPSA) is 60.2 Å². The predicted molar refractivity (Wildman–Crippen MR) is 70.9 cm³/mol. The number of aryl methyl sites for hydroxylation is 2. The summed E-state index contributed by atoms with van der Waals surface area (Å²) in [5, 5.41) is 0. The van der Waals surface area contributed by atoms with Crippen molar-refractivity contribution in [2.24, 2.45) is 5.73 Å². The van der Waals surface area contributed by atoms with Crippen molar-refractivity contribution in [3.05, 3.63) is 29.3 Å². The van der Waals surface area contributed by atoms with Gasteiger partial charge in [0.05, 0.1) is 9.64 Å². The fourth-order valence-corrected chi connectivity index (χ4v) is 3.59. The first-order valence-electron chi connectivity index (χ1n) is 5.74. The summed E-state index contributed by atoms with van der Waals surface area (Å²) in [5.74, 6) is 0. The molecule has 0 aliphatic heterocycles. The molecule has 0 fully saturated rings. The minimum atomic E-state index is -3.33. The Kier molecular flexibility index (Phi) is 3.99. The maximum atomic E-state index is 12.5. The Hall–Kier alpha value is -0.870. The van der Waals surface area contributed by atoms with Crippen LogP contribution in [-0.2, 0) is 9.84 Å². The van der Waals surface area contributed by atoms with E-state index < -0.39 is 14.6 Å². The summed E-state index contributed by atoms with van der Waals surface area (Å²) in [4.78, 5) is 0.418. The maximum Gasteiger partial charge on any atom is 0.183 e. The molecule has 0 heterocycles. The highest BCUT2D eigenvalue weighted by molar-refractivity contribution is 7.92. The van der Waals surface area contributed by atoms with E-state index >= 15 is 0 Å². The van der Waals surface area contributed by atoms with Crippen molar-refractivity contribution in [2.75, 3.05) is 6.54 Å². The highest BCUT2D eigenvalue weighted by Gasteiger charge is 2.35. The Morgan fingerprint density at radius 2 is 1.82 bits per heavy atom. The zero-order valence-electron chi connectivity index (χ0n) is 10.9. The predicted octanol–water partition coefficient (Wildman–Crippen LogP) is 2.20. The van der Waals surface area contributed by atoms with Gasteiger partial charge in [0.25, 0.3) is 0 Å². The monoisotopic (exact) mass is 255 g/mol. The van der Waals surface area contributed by atoms with Crippen LogP contribution >= 0.6 is 0 Å². The lowest BCUT2D eigenvalue weighted by Crippen LogP contribution is -2.34. The Labute approximate surface area is 104 Å². The van der Waals surface area contributed by atoms with E-state index in [2.05, 4.69) is 0 Å². The second-order valence-corrected chi connectivity index (χ2v) is 7.62. The van der Waals surface area contributed by atoms with Gasteiger partial charge in [-0.1, -0.05) is 17.7 Å². The molecule has 0 aromatic heterocycles. The maximum absolute atomic E-state index is 12.5. The number of hydrogen-bond donors (Lipinski definition) is 1. The molecule has 0 aliphatic carbocycles. The zero-order chi connectivity index (χ0) is 13.3. The lowest BCUT2D eigenvalue weighted by Gasteiger charge is -2.25. The van der Waals surface area contributed by atoms with Crippen molar-refractivity contribution in [3.63, 3.8) is 0 Å². The molecule has 96 valence electrons. The quantitative estimate of drug-likeness (QED) is 0.897. The van der Waals surface area contributed by atoms with Gasteiger partial charge in [-0.25, -0.2) is 8.42 Å². The van der Waals surface area contributed by atoms with Gasteiger partial charge in [0.15, 0.2) is 9.84 Å². The Balaban J connectivity index is 3.31. The Bertz CT molecular complexity index is 504. The van der Waals surface area contributed by atoms with Gasteiger partial charge in [0.1, 0.15) is 0 Å². The minimum absolute atomic E-state index is 0.372. The van der Waals surface area contributed by atoms with Gasteiger partial charge in [0, 0.05) is 0 Å². The normalized spacial score (nSPS) is 12.8. The van der Waals surface area contributed by atoms with Crippen molar-refractivity contribution >= 4 is 9.84 Å². The number of sulfone groups is 1. The molecule has 17 heavy (non-hydrogen) atoms. The molecule has 0 saturated carbocycles. The first-order chi connectivity index (χ1) is 7.72. The summed E-state index contributed by atoms with van der Waals surface area (Å²) >= 11 is 0. The SMILES string of the molecule is Cc1ccc(S(=O)(=O)C(C)(C)CCN)c(C)c1. The van der Waals surface area contributed by atoms with Gasteiger partial charge in [-0.15, -0.1) is 0 Å². The highest BCUT2D eigenvalue weighted by atomic mass is 32.2. The van der Waals surface area contributed by atoms with Crippen molar-refractivity contribution in [2.45, 2.75) is 43.8 Å². The molecule has 1 aromatic carbocycles. The van der Waals surface area contributed by atoms with E-state index in [1.807, 2.05) is 26.0 Å². The highest BCUT2D eigenvalue weighted by Crippen LogP contribution is 2.30. The minimum Gasteiger partial charge on any atom is -0.330 e. The van der Waals surface area contributed by atoms with E-state index in [0.29, 0.717) is 17.9 Å².